The molecule has 0 saturated heterocycles. The van der Waals surface area contributed by atoms with Crippen LogP contribution in [0.15, 0.2) is 57.7 Å². The van der Waals surface area contributed by atoms with Crippen LogP contribution in [0.25, 0.3) is 0 Å². The lowest BCUT2D eigenvalue weighted by Crippen LogP contribution is -2.28. The van der Waals surface area contributed by atoms with Gasteiger partial charge in [0.1, 0.15) is 0 Å². The van der Waals surface area contributed by atoms with Crippen LogP contribution in [0.2, 0.25) is 0 Å². The lowest BCUT2D eigenvalue weighted by Gasteiger charge is -2.26. The molecule has 1 unspecified atom stereocenters. The normalized spacial score (nSPS) is 25.5. The van der Waals surface area contributed by atoms with Gasteiger partial charge in [-0.2, -0.15) is 0 Å². The Morgan fingerprint density at radius 3 is 2.73 bits per heavy atom. The number of halogens is 1. The summed E-state index contributed by atoms with van der Waals surface area (Å²) in [6.45, 7) is 0. The largest absolute Gasteiger partial charge is 0.368 e. The predicted octanol–water partition coefficient (Wildman–Crippen LogP) is 1.74. The monoisotopic (exact) mass is 219 g/mol. The number of allylic oxidation sites excluding steroid dienone is 7. The molecule has 0 aromatic rings. The molecule has 2 N–H and O–H groups in total. The van der Waals surface area contributed by atoms with Crippen molar-refractivity contribution in [1.29, 1.82) is 0 Å². The fourth-order valence-electron chi connectivity index (χ4n) is 1.94. The molecule has 0 bridgehead atoms. The van der Waals surface area contributed by atoms with Crippen molar-refractivity contribution in [3.8, 4) is 0 Å². The zero-order chi connectivity index (χ0) is 9.54. The molecule has 3 aliphatic rings. The Labute approximate surface area is 93.9 Å². The van der Waals surface area contributed by atoms with Crippen LogP contribution >= 0.6 is 12.4 Å². The molecule has 0 fully saturated rings. The number of guanidine groups is 1. The summed E-state index contributed by atoms with van der Waals surface area (Å²) in [5.74, 6) is 0.556. The first-order valence-corrected chi connectivity index (χ1v) is 4.54. The molecule has 2 aliphatic carbocycles. The minimum atomic E-state index is 0. The van der Waals surface area contributed by atoms with Gasteiger partial charge < -0.3 is 5.73 Å². The van der Waals surface area contributed by atoms with E-state index >= 15 is 0 Å². The van der Waals surface area contributed by atoms with Crippen molar-refractivity contribution in [3.63, 3.8) is 0 Å². The molecule has 3 nitrogen and oxygen atoms in total. The predicted molar refractivity (Wildman–Crippen MR) is 64.2 cm³/mol. The molecular formula is C11H10ClN3. The van der Waals surface area contributed by atoms with Gasteiger partial charge in [0.15, 0.2) is 0 Å². The number of nitrogens with two attached hydrogens (primary N) is 1. The van der Waals surface area contributed by atoms with E-state index in [1.165, 1.54) is 5.57 Å². The number of rotatable bonds is 0. The summed E-state index contributed by atoms with van der Waals surface area (Å²) in [5.41, 5.74) is 8.84. The van der Waals surface area contributed by atoms with Crippen LogP contribution < -0.4 is 5.73 Å². The molecule has 1 heterocycles. The van der Waals surface area contributed by atoms with E-state index < -0.39 is 0 Å². The lowest BCUT2D eigenvalue weighted by atomic mass is 9.83. The van der Waals surface area contributed by atoms with E-state index in [4.69, 9.17) is 5.73 Å². The third-order valence-corrected chi connectivity index (χ3v) is 2.52. The van der Waals surface area contributed by atoms with Crippen molar-refractivity contribution < 1.29 is 0 Å². The Hall–Kier alpha value is -1.61. The topological polar surface area (TPSA) is 50.7 Å². The van der Waals surface area contributed by atoms with Gasteiger partial charge in [0.05, 0.1) is 17.3 Å². The van der Waals surface area contributed by atoms with Crippen molar-refractivity contribution in [2.45, 2.75) is 0 Å². The average Bonchev–Trinajstić information content (AvgIpc) is 2.18. The minimum absolute atomic E-state index is 0. The standard InChI is InChI=1S/C11H9N3.ClH/c12-11-13-8-5-1-3-7-4-2-6-9(14-11)10(7)8;/h1-6,10H,(H2,12,13,14);1H. The number of hydrogen-bond donors (Lipinski definition) is 1. The average molecular weight is 220 g/mol. The van der Waals surface area contributed by atoms with E-state index in [1.807, 2.05) is 24.3 Å². The summed E-state index contributed by atoms with van der Waals surface area (Å²) in [6, 6.07) is 0. The smallest absolute Gasteiger partial charge is 0.220 e. The third kappa shape index (κ3) is 1.45. The van der Waals surface area contributed by atoms with Crippen LogP contribution in [0.3, 0.4) is 0 Å². The van der Waals surface area contributed by atoms with E-state index in [0.717, 1.165) is 11.4 Å². The molecular weight excluding hydrogens is 210 g/mol. The molecule has 0 spiro atoms. The first-order valence-electron chi connectivity index (χ1n) is 4.54. The summed E-state index contributed by atoms with van der Waals surface area (Å²) in [6.07, 6.45) is 12.1. The lowest BCUT2D eigenvalue weighted by molar-refractivity contribution is 0.918. The summed E-state index contributed by atoms with van der Waals surface area (Å²) < 4.78 is 0. The summed E-state index contributed by atoms with van der Waals surface area (Å²) >= 11 is 0. The van der Waals surface area contributed by atoms with Gasteiger partial charge in [-0.15, -0.1) is 12.4 Å². The molecule has 76 valence electrons. The maximum Gasteiger partial charge on any atom is 0.220 e. The van der Waals surface area contributed by atoms with Crippen LogP contribution in [0.5, 0.6) is 0 Å². The molecule has 0 saturated carbocycles. The fraction of sp³-hybridized carbons (Fsp3) is 0.0909. The van der Waals surface area contributed by atoms with Crippen molar-refractivity contribution in [2.24, 2.45) is 21.6 Å². The molecule has 15 heavy (non-hydrogen) atoms. The van der Waals surface area contributed by atoms with Crippen LogP contribution in [0, 0.1) is 5.92 Å². The Bertz CT molecular complexity index is 476. The number of aliphatic imine (C=N–C) groups is 2. The quantitative estimate of drug-likeness (QED) is 0.663. The fourth-order valence-corrected chi connectivity index (χ4v) is 1.94. The zero-order valence-corrected chi connectivity index (χ0v) is 8.74. The second kappa shape index (κ2) is 3.51. The van der Waals surface area contributed by atoms with Gasteiger partial charge in [-0.3, -0.25) is 0 Å². The summed E-state index contributed by atoms with van der Waals surface area (Å²) in [4.78, 5) is 8.46. The second-order valence-electron chi connectivity index (χ2n) is 3.42. The van der Waals surface area contributed by atoms with Crippen LogP contribution in [0.1, 0.15) is 0 Å². The van der Waals surface area contributed by atoms with Crippen LogP contribution in [-0.4, -0.2) is 11.7 Å². The highest BCUT2D eigenvalue weighted by atomic mass is 35.5. The van der Waals surface area contributed by atoms with Crippen molar-refractivity contribution >= 4 is 24.1 Å². The first-order chi connectivity index (χ1) is 6.84. The highest BCUT2D eigenvalue weighted by Gasteiger charge is 2.28. The molecule has 1 aliphatic heterocycles. The molecule has 0 aromatic carbocycles. The zero-order valence-electron chi connectivity index (χ0n) is 7.92. The molecule has 1 atom stereocenters. The molecule has 4 heteroatoms. The SMILES string of the molecule is Cl.NC1=NC2=CC=CC3=CC=CC(=N1)C32. The van der Waals surface area contributed by atoms with Gasteiger partial charge in [-0.1, -0.05) is 24.3 Å². The van der Waals surface area contributed by atoms with Gasteiger partial charge in [-0.25, -0.2) is 9.98 Å². The maximum atomic E-state index is 5.62. The number of hydrogen-bond acceptors (Lipinski definition) is 3. The van der Waals surface area contributed by atoms with Crippen molar-refractivity contribution in [3.05, 3.63) is 47.7 Å². The highest BCUT2D eigenvalue weighted by Crippen LogP contribution is 2.32. The Balaban J connectivity index is 0.000000853. The molecule has 0 radical (unpaired) electrons. The molecule has 0 amide bonds. The van der Waals surface area contributed by atoms with Gasteiger partial charge in [-0.05, 0) is 17.7 Å². The van der Waals surface area contributed by atoms with Crippen LogP contribution in [0.4, 0.5) is 0 Å². The molecule has 3 rings (SSSR count). The summed E-state index contributed by atoms with van der Waals surface area (Å²) in [5, 5.41) is 0. The Morgan fingerprint density at radius 2 is 1.87 bits per heavy atom. The Morgan fingerprint density at radius 1 is 1.07 bits per heavy atom. The van der Waals surface area contributed by atoms with Gasteiger partial charge >= 0.3 is 0 Å². The van der Waals surface area contributed by atoms with E-state index in [2.05, 4.69) is 22.1 Å². The summed E-state index contributed by atoms with van der Waals surface area (Å²) in [7, 11) is 0. The third-order valence-electron chi connectivity index (χ3n) is 2.52. The first kappa shape index (κ1) is 9.93. The van der Waals surface area contributed by atoms with E-state index in [1.54, 1.807) is 0 Å². The van der Waals surface area contributed by atoms with E-state index in [-0.39, 0.29) is 18.3 Å². The minimum Gasteiger partial charge on any atom is -0.368 e. The van der Waals surface area contributed by atoms with Gasteiger partial charge in [0.25, 0.3) is 0 Å². The second-order valence-corrected chi connectivity index (χ2v) is 3.42. The van der Waals surface area contributed by atoms with Crippen molar-refractivity contribution in [1.82, 2.24) is 0 Å². The van der Waals surface area contributed by atoms with E-state index in [0.29, 0.717) is 5.96 Å². The Kier molecular flexibility index (Phi) is 2.32. The van der Waals surface area contributed by atoms with Gasteiger partial charge in [0, 0.05) is 0 Å². The molecule has 0 aromatic heterocycles. The van der Waals surface area contributed by atoms with Crippen molar-refractivity contribution in [2.75, 3.05) is 0 Å². The van der Waals surface area contributed by atoms with Gasteiger partial charge in [0.2, 0.25) is 5.96 Å². The maximum absolute atomic E-state index is 5.62. The number of nitrogens with zero attached hydrogens (tertiary/aromatic N) is 2. The highest BCUT2D eigenvalue weighted by molar-refractivity contribution is 6.10. The van der Waals surface area contributed by atoms with Crippen LogP contribution in [-0.2, 0) is 0 Å². The van der Waals surface area contributed by atoms with E-state index in [9.17, 15) is 0 Å².